The third-order valence-corrected chi connectivity index (χ3v) is 7.81. The number of sulfonamides is 1. The SMILES string of the molecule is CCN(CC)S(=O)(=O)c1cccc(-c2nnc(SCCCC#N)n2-c2ccccc2)c1. The van der Waals surface area contributed by atoms with Crippen LogP contribution in [-0.2, 0) is 10.0 Å². The summed E-state index contributed by atoms with van der Waals surface area (Å²) in [5.74, 6) is 1.32. The van der Waals surface area contributed by atoms with Crippen LogP contribution in [0.4, 0.5) is 0 Å². The summed E-state index contributed by atoms with van der Waals surface area (Å²) in [5, 5.41) is 18.2. The maximum atomic E-state index is 13.0. The van der Waals surface area contributed by atoms with Crippen molar-refractivity contribution in [1.82, 2.24) is 19.1 Å². The lowest BCUT2D eigenvalue weighted by molar-refractivity contribution is 0.445. The van der Waals surface area contributed by atoms with Gasteiger partial charge in [-0.3, -0.25) is 4.57 Å². The predicted octanol–water partition coefficient (Wildman–Crippen LogP) is 4.36. The van der Waals surface area contributed by atoms with Crippen LogP contribution in [0.2, 0.25) is 0 Å². The van der Waals surface area contributed by atoms with Crippen LogP contribution < -0.4 is 0 Å². The quantitative estimate of drug-likeness (QED) is 0.333. The topological polar surface area (TPSA) is 91.9 Å². The monoisotopic (exact) mass is 455 g/mol. The molecule has 0 N–H and O–H groups in total. The highest BCUT2D eigenvalue weighted by Gasteiger charge is 2.23. The van der Waals surface area contributed by atoms with Crippen molar-refractivity contribution in [1.29, 1.82) is 5.26 Å². The van der Waals surface area contributed by atoms with Crippen LogP contribution in [0.3, 0.4) is 0 Å². The van der Waals surface area contributed by atoms with Crippen molar-refractivity contribution in [3.8, 4) is 23.1 Å². The van der Waals surface area contributed by atoms with Gasteiger partial charge in [-0.25, -0.2) is 8.42 Å². The fourth-order valence-corrected chi connectivity index (χ4v) is 5.58. The molecule has 162 valence electrons. The molecule has 1 heterocycles. The number of rotatable bonds is 10. The van der Waals surface area contributed by atoms with Crippen molar-refractivity contribution >= 4 is 21.8 Å². The number of unbranched alkanes of at least 4 members (excludes halogenated alkanes) is 1. The molecule has 0 saturated heterocycles. The second kappa shape index (κ2) is 10.6. The molecule has 0 bridgehead atoms. The molecule has 0 fully saturated rings. The van der Waals surface area contributed by atoms with E-state index in [1.807, 2.05) is 54.8 Å². The average Bonchev–Trinajstić information content (AvgIpc) is 3.22. The van der Waals surface area contributed by atoms with Gasteiger partial charge in [0.15, 0.2) is 11.0 Å². The highest BCUT2D eigenvalue weighted by Crippen LogP contribution is 2.30. The van der Waals surface area contributed by atoms with Gasteiger partial charge in [-0.15, -0.1) is 10.2 Å². The fourth-order valence-electron chi connectivity index (χ4n) is 3.18. The van der Waals surface area contributed by atoms with Crippen LogP contribution in [-0.4, -0.2) is 46.3 Å². The van der Waals surface area contributed by atoms with Gasteiger partial charge < -0.3 is 0 Å². The largest absolute Gasteiger partial charge is 0.270 e. The Balaban J connectivity index is 2.05. The van der Waals surface area contributed by atoms with Crippen molar-refractivity contribution in [2.24, 2.45) is 0 Å². The molecule has 0 aliphatic carbocycles. The van der Waals surface area contributed by atoms with E-state index in [0.29, 0.717) is 36.1 Å². The normalized spacial score (nSPS) is 11.5. The standard InChI is InChI=1S/C22H25N5O2S2/c1-3-26(4-2)31(28,29)20-14-10-11-18(17-20)21-24-25-22(30-16-9-8-15-23)27(21)19-12-6-5-7-13-19/h5-7,10-14,17H,3-4,8-9,16H2,1-2H3. The number of nitrogens with zero attached hydrogens (tertiary/aromatic N) is 5. The number of aromatic nitrogens is 3. The molecular weight excluding hydrogens is 430 g/mol. The fraction of sp³-hybridized carbons (Fsp3) is 0.318. The van der Waals surface area contributed by atoms with Gasteiger partial charge in [-0.2, -0.15) is 9.57 Å². The molecule has 31 heavy (non-hydrogen) atoms. The van der Waals surface area contributed by atoms with Crippen LogP contribution in [0.5, 0.6) is 0 Å². The first-order chi connectivity index (χ1) is 15.0. The zero-order valence-corrected chi connectivity index (χ0v) is 19.2. The Morgan fingerprint density at radius 2 is 1.81 bits per heavy atom. The van der Waals surface area contributed by atoms with Gasteiger partial charge in [-0.1, -0.05) is 55.9 Å². The number of thioether (sulfide) groups is 1. The Hall–Kier alpha value is -2.67. The van der Waals surface area contributed by atoms with Gasteiger partial charge in [0.2, 0.25) is 10.0 Å². The van der Waals surface area contributed by atoms with E-state index in [4.69, 9.17) is 5.26 Å². The first-order valence-electron chi connectivity index (χ1n) is 10.1. The molecule has 3 aromatic rings. The Morgan fingerprint density at radius 1 is 1.06 bits per heavy atom. The summed E-state index contributed by atoms with van der Waals surface area (Å²) in [6, 6.07) is 18.7. The molecule has 0 aliphatic heterocycles. The summed E-state index contributed by atoms with van der Waals surface area (Å²) in [5.41, 5.74) is 1.57. The summed E-state index contributed by atoms with van der Waals surface area (Å²) < 4.78 is 29.4. The lowest BCUT2D eigenvalue weighted by Crippen LogP contribution is -2.30. The van der Waals surface area contributed by atoms with Crippen molar-refractivity contribution < 1.29 is 8.42 Å². The summed E-state index contributed by atoms with van der Waals surface area (Å²) in [4.78, 5) is 0.236. The van der Waals surface area contributed by atoms with E-state index in [1.54, 1.807) is 18.2 Å². The van der Waals surface area contributed by atoms with Crippen LogP contribution in [0.15, 0.2) is 64.6 Å². The van der Waals surface area contributed by atoms with Gasteiger partial charge >= 0.3 is 0 Å². The van der Waals surface area contributed by atoms with E-state index in [1.165, 1.54) is 16.1 Å². The van der Waals surface area contributed by atoms with Crippen LogP contribution in [0, 0.1) is 11.3 Å². The minimum absolute atomic E-state index is 0.236. The highest BCUT2D eigenvalue weighted by molar-refractivity contribution is 7.99. The summed E-state index contributed by atoms with van der Waals surface area (Å²) in [6.07, 6.45) is 1.25. The molecule has 0 radical (unpaired) electrons. The highest BCUT2D eigenvalue weighted by atomic mass is 32.2. The maximum absolute atomic E-state index is 13.0. The Kier molecular flexibility index (Phi) is 7.85. The van der Waals surface area contributed by atoms with E-state index >= 15 is 0 Å². The molecular formula is C22H25N5O2S2. The number of hydrogen-bond donors (Lipinski definition) is 0. The molecule has 1 aromatic heterocycles. The van der Waals surface area contributed by atoms with E-state index in [9.17, 15) is 8.42 Å². The minimum Gasteiger partial charge on any atom is -0.270 e. The van der Waals surface area contributed by atoms with Crippen molar-refractivity contribution in [3.05, 3.63) is 54.6 Å². The molecule has 0 unspecified atom stereocenters. The number of nitriles is 1. The zero-order valence-electron chi connectivity index (χ0n) is 17.6. The lowest BCUT2D eigenvalue weighted by atomic mass is 10.2. The second-order valence-electron chi connectivity index (χ2n) is 6.70. The van der Waals surface area contributed by atoms with Crippen molar-refractivity contribution in [2.75, 3.05) is 18.8 Å². The van der Waals surface area contributed by atoms with Crippen LogP contribution >= 0.6 is 11.8 Å². The lowest BCUT2D eigenvalue weighted by Gasteiger charge is -2.19. The molecule has 7 nitrogen and oxygen atoms in total. The van der Waals surface area contributed by atoms with Crippen LogP contribution in [0.25, 0.3) is 17.1 Å². The number of benzene rings is 2. The Labute approximate surface area is 187 Å². The molecule has 0 spiro atoms. The Morgan fingerprint density at radius 3 is 2.48 bits per heavy atom. The number of para-hydroxylation sites is 1. The van der Waals surface area contributed by atoms with Gasteiger partial charge in [0.1, 0.15) is 0 Å². The average molecular weight is 456 g/mol. The van der Waals surface area contributed by atoms with Gasteiger partial charge in [0.25, 0.3) is 0 Å². The molecule has 0 amide bonds. The van der Waals surface area contributed by atoms with Gasteiger partial charge in [-0.05, 0) is 30.7 Å². The van der Waals surface area contributed by atoms with Crippen molar-refractivity contribution in [2.45, 2.75) is 36.7 Å². The first-order valence-corrected chi connectivity index (χ1v) is 12.6. The molecule has 9 heteroatoms. The molecule has 3 rings (SSSR count). The van der Waals surface area contributed by atoms with E-state index in [-0.39, 0.29) is 4.90 Å². The van der Waals surface area contributed by atoms with Crippen LogP contribution in [0.1, 0.15) is 26.7 Å². The third-order valence-electron chi connectivity index (χ3n) is 4.75. The molecule has 0 aliphatic rings. The molecule has 0 atom stereocenters. The zero-order chi connectivity index (χ0) is 22.3. The van der Waals surface area contributed by atoms with Gasteiger partial charge in [0, 0.05) is 36.5 Å². The van der Waals surface area contributed by atoms with E-state index < -0.39 is 10.0 Å². The van der Waals surface area contributed by atoms with E-state index in [2.05, 4.69) is 16.3 Å². The molecule has 0 saturated carbocycles. The minimum atomic E-state index is -3.58. The smallest absolute Gasteiger partial charge is 0.243 e. The first kappa shape index (κ1) is 23.0. The molecule has 2 aromatic carbocycles. The summed E-state index contributed by atoms with van der Waals surface area (Å²) in [6.45, 7) is 4.47. The Bertz CT molecular complexity index is 1150. The summed E-state index contributed by atoms with van der Waals surface area (Å²) in [7, 11) is -3.58. The second-order valence-corrected chi connectivity index (χ2v) is 9.70. The third kappa shape index (κ3) is 5.15. The maximum Gasteiger partial charge on any atom is 0.243 e. The van der Waals surface area contributed by atoms with E-state index in [0.717, 1.165) is 17.9 Å². The van der Waals surface area contributed by atoms with Crippen molar-refractivity contribution in [3.63, 3.8) is 0 Å². The summed E-state index contributed by atoms with van der Waals surface area (Å²) >= 11 is 1.53. The predicted molar refractivity (Wildman–Crippen MR) is 122 cm³/mol. The van der Waals surface area contributed by atoms with Gasteiger partial charge in [0.05, 0.1) is 11.0 Å². The number of hydrogen-bond acceptors (Lipinski definition) is 6.